The van der Waals surface area contributed by atoms with Crippen LogP contribution in [-0.4, -0.2) is 6.10 Å². The minimum atomic E-state index is -0.0834. The molecule has 0 saturated carbocycles. The van der Waals surface area contributed by atoms with Gasteiger partial charge in [0.15, 0.2) is 6.10 Å². The van der Waals surface area contributed by atoms with E-state index in [4.69, 9.17) is 11.2 Å². The molecule has 0 spiro atoms. The lowest BCUT2D eigenvalue weighted by atomic mass is 9.77. The van der Waals surface area contributed by atoms with Crippen LogP contribution >= 0.6 is 0 Å². The summed E-state index contributed by atoms with van der Waals surface area (Å²) in [4.78, 5) is 0. The van der Waals surface area contributed by atoms with Gasteiger partial charge in [0.2, 0.25) is 0 Å². The van der Waals surface area contributed by atoms with E-state index in [2.05, 4.69) is 25.8 Å². The number of ether oxygens (including phenoxy) is 1. The molecule has 1 aliphatic rings. The SMILES string of the molecule is C#CC1CC(C)(C)c2ccccc2O1. The lowest BCUT2D eigenvalue weighted by Gasteiger charge is -2.35. The number of para-hydroxylation sites is 1. The van der Waals surface area contributed by atoms with Crippen molar-refractivity contribution in [1.29, 1.82) is 0 Å². The predicted molar refractivity (Wildman–Crippen MR) is 57.3 cm³/mol. The van der Waals surface area contributed by atoms with Gasteiger partial charge < -0.3 is 4.74 Å². The third-order valence-electron chi connectivity index (χ3n) is 2.77. The summed E-state index contributed by atoms with van der Waals surface area (Å²) in [5.41, 5.74) is 1.37. The summed E-state index contributed by atoms with van der Waals surface area (Å²) in [7, 11) is 0. The molecule has 1 aromatic carbocycles. The fourth-order valence-corrected chi connectivity index (χ4v) is 1.99. The fraction of sp³-hybridized carbons (Fsp3) is 0.385. The first kappa shape index (κ1) is 9.15. The second-order valence-electron chi connectivity index (χ2n) is 4.36. The molecule has 0 bridgehead atoms. The maximum atomic E-state index is 5.68. The van der Waals surface area contributed by atoms with Crippen LogP contribution < -0.4 is 4.74 Å². The number of benzene rings is 1. The van der Waals surface area contributed by atoms with Crippen LogP contribution in [0.1, 0.15) is 25.8 Å². The number of fused-ring (bicyclic) bond motifs is 1. The van der Waals surface area contributed by atoms with Crippen LogP contribution in [-0.2, 0) is 5.41 Å². The average molecular weight is 186 g/mol. The van der Waals surface area contributed by atoms with Gasteiger partial charge in [0.1, 0.15) is 5.75 Å². The lowest BCUT2D eigenvalue weighted by molar-refractivity contribution is 0.181. The molecule has 0 amide bonds. The zero-order valence-electron chi connectivity index (χ0n) is 8.58. The number of hydrogen-bond acceptors (Lipinski definition) is 1. The van der Waals surface area contributed by atoms with Crippen LogP contribution in [0.5, 0.6) is 5.75 Å². The molecule has 0 radical (unpaired) electrons. The summed E-state index contributed by atoms with van der Waals surface area (Å²) in [6, 6.07) is 8.12. The third-order valence-corrected chi connectivity index (χ3v) is 2.77. The van der Waals surface area contributed by atoms with Crippen molar-refractivity contribution >= 4 is 0 Å². The van der Waals surface area contributed by atoms with E-state index in [9.17, 15) is 0 Å². The first-order chi connectivity index (χ1) is 6.63. The zero-order chi connectivity index (χ0) is 10.2. The molecule has 0 aromatic heterocycles. The van der Waals surface area contributed by atoms with E-state index in [1.54, 1.807) is 0 Å². The maximum absolute atomic E-state index is 5.68. The molecule has 72 valence electrons. The van der Waals surface area contributed by atoms with Crippen molar-refractivity contribution in [3.8, 4) is 18.1 Å². The van der Waals surface area contributed by atoms with Crippen molar-refractivity contribution in [2.45, 2.75) is 31.8 Å². The van der Waals surface area contributed by atoms with E-state index in [0.717, 1.165) is 12.2 Å². The van der Waals surface area contributed by atoms with Gasteiger partial charge in [-0.1, -0.05) is 38.0 Å². The molecule has 1 atom stereocenters. The van der Waals surface area contributed by atoms with Crippen molar-refractivity contribution in [2.24, 2.45) is 0 Å². The maximum Gasteiger partial charge on any atom is 0.159 e. The van der Waals surface area contributed by atoms with Crippen molar-refractivity contribution < 1.29 is 4.74 Å². The van der Waals surface area contributed by atoms with E-state index in [-0.39, 0.29) is 11.5 Å². The van der Waals surface area contributed by atoms with Crippen LogP contribution in [0, 0.1) is 12.3 Å². The highest BCUT2D eigenvalue weighted by molar-refractivity contribution is 5.41. The standard InChI is InChI=1S/C13H14O/c1-4-10-9-13(2,3)11-7-5-6-8-12(11)14-10/h1,5-8,10H,9H2,2-3H3. The Labute approximate surface area is 85.1 Å². The van der Waals surface area contributed by atoms with Gasteiger partial charge in [-0.15, -0.1) is 6.42 Å². The molecule has 0 saturated heterocycles. The monoisotopic (exact) mass is 186 g/mol. The molecule has 1 nitrogen and oxygen atoms in total. The second-order valence-corrected chi connectivity index (χ2v) is 4.36. The molecule has 0 fully saturated rings. The molecule has 1 unspecified atom stereocenters. The van der Waals surface area contributed by atoms with Gasteiger partial charge in [-0.3, -0.25) is 0 Å². The highest BCUT2D eigenvalue weighted by Crippen LogP contribution is 2.40. The van der Waals surface area contributed by atoms with E-state index in [1.807, 2.05) is 18.2 Å². The zero-order valence-corrected chi connectivity index (χ0v) is 8.58. The number of rotatable bonds is 0. The van der Waals surface area contributed by atoms with E-state index < -0.39 is 0 Å². The van der Waals surface area contributed by atoms with Crippen LogP contribution in [0.4, 0.5) is 0 Å². The minimum absolute atomic E-state index is 0.0834. The Morgan fingerprint density at radius 1 is 1.43 bits per heavy atom. The normalized spacial score (nSPS) is 23.1. The van der Waals surface area contributed by atoms with E-state index in [1.165, 1.54) is 5.56 Å². The van der Waals surface area contributed by atoms with E-state index >= 15 is 0 Å². The van der Waals surface area contributed by atoms with Gasteiger partial charge in [-0.05, 0) is 17.0 Å². The van der Waals surface area contributed by atoms with Gasteiger partial charge in [0.05, 0.1) is 0 Å². The van der Waals surface area contributed by atoms with Crippen molar-refractivity contribution in [3.63, 3.8) is 0 Å². The molecule has 0 aliphatic carbocycles. The molecule has 2 rings (SSSR count). The molecule has 1 heterocycles. The molecular weight excluding hydrogens is 172 g/mol. The topological polar surface area (TPSA) is 9.23 Å². The average Bonchev–Trinajstić information content (AvgIpc) is 2.17. The molecule has 14 heavy (non-hydrogen) atoms. The van der Waals surface area contributed by atoms with Gasteiger partial charge in [0, 0.05) is 6.42 Å². The molecule has 0 N–H and O–H groups in total. The fourth-order valence-electron chi connectivity index (χ4n) is 1.99. The van der Waals surface area contributed by atoms with Gasteiger partial charge in [-0.25, -0.2) is 0 Å². The van der Waals surface area contributed by atoms with E-state index in [0.29, 0.717) is 0 Å². The molecule has 1 heteroatoms. The Morgan fingerprint density at radius 3 is 2.86 bits per heavy atom. The summed E-state index contributed by atoms with van der Waals surface area (Å²) < 4.78 is 5.68. The Balaban J connectivity index is 2.48. The minimum Gasteiger partial charge on any atom is -0.477 e. The molecule has 1 aromatic rings. The highest BCUT2D eigenvalue weighted by atomic mass is 16.5. The predicted octanol–water partition coefficient (Wildman–Crippen LogP) is 2.75. The first-order valence-electron chi connectivity index (χ1n) is 4.86. The second kappa shape index (κ2) is 3.06. The number of terminal acetylenes is 1. The number of hydrogen-bond donors (Lipinski definition) is 0. The summed E-state index contributed by atoms with van der Waals surface area (Å²) in [5, 5.41) is 0. The first-order valence-corrected chi connectivity index (χ1v) is 4.86. The van der Waals surface area contributed by atoms with Crippen LogP contribution in [0.15, 0.2) is 24.3 Å². The Kier molecular flexibility index (Phi) is 2.00. The van der Waals surface area contributed by atoms with Crippen LogP contribution in [0.2, 0.25) is 0 Å². The Morgan fingerprint density at radius 2 is 2.14 bits per heavy atom. The molecule has 1 aliphatic heterocycles. The third kappa shape index (κ3) is 1.37. The van der Waals surface area contributed by atoms with Gasteiger partial charge in [0.25, 0.3) is 0 Å². The highest BCUT2D eigenvalue weighted by Gasteiger charge is 2.32. The smallest absolute Gasteiger partial charge is 0.159 e. The van der Waals surface area contributed by atoms with Crippen molar-refractivity contribution in [1.82, 2.24) is 0 Å². The Bertz CT molecular complexity index is 384. The van der Waals surface area contributed by atoms with Crippen LogP contribution in [0.3, 0.4) is 0 Å². The summed E-state index contributed by atoms with van der Waals surface area (Å²) in [5.74, 6) is 3.61. The van der Waals surface area contributed by atoms with Crippen molar-refractivity contribution in [3.05, 3.63) is 29.8 Å². The van der Waals surface area contributed by atoms with Crippen molar-refractivity contribution in [2.75, 3.05) is 0 Å². The van der Waals surface area contributed by atoms with Gasteiger partial charge in [-0.2, -0.15) is 0 Å². The Hall–Kier alpha value is -1.42. The quantitative estimate of drug-likeness (QED) is 0.566. The molecular formula is C13H14O. The summed E-state index contributed by atoms with van der Waals surface area (Å²) >= 11 is 0. The summed E-state index contributed by atoms with van der Waals surface area (Å²) in [6.07, 6.45) is 6.21. The lowest BCUT2D eigenvalue weighted by Crippen LogP contribution is -2.33. The van der Waals surface area contributed by atoms with Gasteiger partial charge >= 0.3 is 0 Å². The summed E-state index contributed by atoms with van der Waals surface area (Å²) in [6.45, 7) is 4.41. The van der Waals surface area contributed by atoms with Crippen LogP contribution in [0.25, 0.3) is 0 Å². The largest absolute Gasteiger partial charge is 0.477 e.